The lowest BCUT2D eigenvalue weighted by Crippen LogP contribution is -2.20. The van der Waals surface area contributed by atoms with Crippen LogP contribution in [0.3, 0.4) is 0 Å². The predicted octanol–water partition coefficient (Wildman–Crippen LogP) is 1.38. The van der Waals surface area contributed by atoms with Gasteiger partial charge in [0.05, 0.1) is 0 Å². The molecule has 2 saturated carbocycles. The molecule has 0 atom stereocenters. The van der Waals surface area contributed by atoms with E-state index in [2.05, 4.69) is 10.2 Å². The molecule has 0 bridgehead atoms. The lowest BCUT2D eigenvalue weighted by Gasteiger charge is -2.21. The molecule has 0 aromatic carbocycles. The Kier molecular flexibility index (Phi) is 3.34. The molecule has 0 radical (unpaired) electrons. The van der Waals surface area contributed by atoms with Crippen molar-refractivity contribution >= 4 is 10.0 Å². The number of nitrogens with two attached hydrogens (primary N) is 1. The molecule has 1 aromatic rings. The highest BCUT2D eigenvalue weighted by molar-refractivity contribution is 7.89. The average Bonchev–Trinajstić information content (AvgIpc) is 3.11. The Morgan fingerprint density at radius 3 is 2.37 bits per heavy atom. The van der Waals surface area contributed by atoms with Crippen LogP contribution in [0.25, 0.3) is 0 Å². The number of nitrogens with zero attached hydrogens (tertiary/aromatic N) is 3. The smallest absolute Gasteiger partial charge is 0.273 e. The van der Waals surface area contributed by atoms with Crippen LogP contribution in [0.2, 0.25) is 0 Å². The molecule has 3 rings (SSSR count). The van der Waals surface area contributed by atoms with E-state index in [-0.39, 0.29) is 11.2 Å². The SMILES string of the molecule is NS(=O)(=O)c1nnc(CC2CCCCC2)n1C1CC1. The summed E-state index contributed by atoms with van der Waals surface area (Å²) in [6, 6.07) is 0.238. The third kappa shape index (κ3) is 2.81. The normalized spacial score (nSPS) is 21.7. The van der Waals surface area contributed by atoms with Gasteiger partial charge in [-0.15, -0.1) is 10.2 Å². The number of primary sulfonamides is 1. The van der Waals surface area contributed by atoms with Crippen molar-refractivity contribution in [1.29, 1.82) is 0 Å². The van der Waals surface area contributed by atoms with E-state index in [0.717, 1.165) is 25.1 Å². The monoisotopic (exact) mass is 284 g/mol. The van der Waals surface area contributed by atoms with E-state index in [1.807, 2.05) is 0 Å². The van der Waals surface area contributed by atoms with Gasteiger partial charge in [-0.2, -0.15) is 0 Å². The number of hydrogen-bond donors (Lipinski definition) is 1. The topological polar surface area (TPSA) is 90.9 Å². The molecule has 1 aromatic heterocycles. The van der Waals surface area contributed by atoms with Crippen molar-refractivity contribution in [3.63, 3.8) is 0 Å². The molecule has 2 fully saturated rings. The van der Waals surface area contributed by atoms with Gasteiger partial charge in [-0.1, -0.05) is 32.1 Å². The predicted molar refractivity (Wildman–Crippen MR) is 69.9 cm³/mol. The molecule has 0 spiro atoms. The summed E-state index contributed by atoms with van der Waals surface area (Å²) in [7, 11) is -3.77. The molecule has 6 nitrogen and oxygen atoms in total. The third-order valence-electron chi connectivity index (χ3n) is 4.10. The molecule has 19 heavy (non-hydrogen) atoms. The minimum Gasteiger partial charge on any atom is -0.298 e. The Bertz CT molecular complexity index is 556. The average molecular weight is 284 g/mol. The first-order valence-electron chi connectivity index (χ1n) is 7.02. The van der Waals surface area contributed by atoms with Crippen LogP contribution in [0, 0.1) is 5.92 Å². The molecule has 2 aliphatic rings. The van der Waals surface area contributed by atoms with Crippen LogP contribution in [0.5, 0.6) is 0 Å². The summed E-state index contributed by atoms with van der Waals surface area (Å²) in [5.41, 5.74) is 0. The van der Waals surface area contributed by atoms with Gasteiger partial charge in [-0.05, 0) is 18.8 Å². The Hall–Kier alpha value is -0.950. The third-order valence-corrected chi connectivity index (χ3v) is 4.88. The zero-order valence-corrected chi connectivity index (χ0v) is 11.8. The van der Waals surface area contributed by atoms with Crippen molar-refractivity contribution in [2.24, 2.45) is 11.1 Å². The molecule has 1 heterocycles. The number of sulfonamides is 1. The van der Waals surface area contributed by atoms with Crippen LogP contribution < -0.4 is 5.14 Å². The summed E-state index contributed by atoms with van der Waals surface area (Å²) in [5, 5.41) is 13.1. The largest absolute Gasteiger partial charge is 0.298 e. The van der Waals surface area contributed by atoms with Crippen molar-refractivity contribution in [2.45, 2.75) is 62.6 Å². The summed E-state index contributed by atoms with van der Waals surface area (Å²) in [6.45, 7) is 0. The van der Waals surface area contributed by atoms with Gasteiger partial charge in [0.1, 0.15) is 5.82 Å². The maximum absolute atomic E-state index is 11.5. The van der Waals surface area contributed by atoms with E-state index in [4.69, 9.17) is 5.14 Å². The Morgan fingerprint density at radius 2 is 1.79 bits per heavy atom. The molecular formula is C12H20N4O2S. The summed E-state index contributed by atoms with van der Waals surface area (Å²) in [4.78, 5) is 0. The van der Waals surface area contributed by atoms with Crippen molar-refractivity contribution in [1.82, 2.24) is 14.8 Å². The van der Waals surface area contributed by atoms with Gasteiger partial charge < -0.3 is 0 Å². The fourth-order valence-electron chi connectivity index (χ4n) is 2.99. The fraction of sp³-hybridized carbons (Fsp3) is 0.833. The van der Waals surface area contributed by atoms with Crippen molar-refractivity contribution < 1.29 is 8.42 Å². The minimum atomic E-state index is -3.77. The van der Waals surface area contributed by atoms with Crippen LogP contribution in [0.15, 0.2) is 5.16 Å². The highest BCUT2D eigenvalue weighted by Gasteiger charge is 2.33. The first-order chi connectivity index (χ1) is 9.05. The second-order valence-corrected chi connectivity index (χ2v) is 7.21. The molecule has 106 valence electrons. The van der Waals surface area contributed by atoms with Gasteiger partial charge in [0.25, 0.3) is 15.2 Å². The summed E-state index contributed by atoms with van der Waals surface area (Å²) < 4.78 is 24.9. The highest BCUT2D eigenvalue weighted by atomic mass is 32.2. The maximum atomic E-state index is 11.5. The fourth-order valence-corrected chi connectivity index (χ4v) is 3.67. The van der Waals surface area contributed by atoms with Crippen LogP contribution in [-0.2, 0) is 16.4 Å². The molecule has 2 N–H and O–H groups in total. The van der Waals surface area contributed by atoms with Crippen LogP contribution in [-0.4, -0.2) is 23.2 Å². The molecular weight excluding hydrogens is 264 g/mol. The van der Waals surface area contributed by atoms with Crippen molar-refractivity contribution in [2.75, 3.05) is 0 Å². The highest BCUT2D eigenvalue weighted by Crippen LogP contribution is 2.38. The van der Waals surface area contributed by atoms with Gasteiger partial charge in [-0.3, -0.25) is 4.57 Å². The van der Waals surface area contributed by atoms with Gasteiger partial charge in [0.2, 0.25) is 0 Å². The van der Waals surface area contributed by atoms with Crippen molar-refractivity contribution in [3.05, 3.63) is 5.82 Å². The molecule has 7 heteroatoms. The number of aromatic nitrogens is 3. The summed E-state index contributed by atoms with van der Waals surface area (Å²) in [5.74, 6) is 1.42. The van der Waals surface area contributed by atoms with Gasteiger partial charge >= 0.3 is 0 Å². The standard InChI is InChI=1S/C12H20N4O2S/c13-19(17,18)12-15-14-11(16(12)10-6-7-10)8-9-4-2-1-3-5-9/h9-10H,1-8H2,(H2,13,17,18). The molecule has 0 saturated heterocycles. The number of rotatable bonds is 4. The van der Waals surface area contributed by atoms with E-state index in [9.17, 15) is 8.42 Å². The van der Waals surface area contributed by atoms with E-state index in [1.54, 1.807) is 4.57 Å². The quantitative estimate of drug-likeness (QED) is 0.904. The van der Waals surface area contributed by atoms with Crippen LogP contribution in [0.1, 0.15) is 56.8 Å². The zero-order chi connectivity index (χ0) is 13.5. The molecule has 0 unspecified atom stereocenters. The van der Waals surface area contributed by atoms with E-state index in [0.29, 0.717) is 5.92 Å². The second kappa shape index (κ2) is 4.86. The van der Waals surface area contributed by atoms with Crippen molar-refractivity contribution in [3.8, 4) is 0 Å². The van der Waals surface area contributed by atoms with Gasteiger partial charge in [0.15, 0.2) is 0 Å². The van der Waals surface area contributed by atoms with Gasteiger partial charge in [0, 0.05) is 12.5 Å². The Balaban J connectivity index is 1.86. The molecule has 0 amide bonds. The first-order valence-corrected chi connectivity index (χ1v) is 8.57. The lowest BCUT2D eigenvalue weighted by molar-refractivity contribution is 0.346. The summed E-state index contributed by atoms with van der Waals surface area (Å²) >= 11 is 0. The van der Waals surface area contributed by atoms with Gasteiger partial charge in [-0.25, -0.2) is 13.6 Å². The second-order valence-electron chi connectivity index (χ2n) is 5.75. The molecule has 0 aliphatic heterocycles. The maximum Gasteiger partial charge on any atom is 0.273 e. The Morgan fingerprint density at radius 1 is 1.11 bits per heavy atom. The van der Waals surface area contributed by atoms with E-state index >= 15 is 0 Å². The van der Waals surface area contributed by atoms with Crippen LogP contribution >= 0.6 is 0 Å². The lowest BCUT2D eigenvalue weighted by atomic mass is 9.87. The minimum absolute atomic E-state index is 0.0548. The zero-order valence-electron chi connectivity index (χ0n) is 11.0. The van der Waals surface area contributed by atoms with E-state index < -0.39 is 10.0 Å². The van der Waals surface area contributed by atoms with Crippen LogP contribution in [0.4, 0.5) is 0 Å². The summed E-state index contributed by atoms with van der Waals surface area (Å²) in [6.07, 6.45) is 9.10. The first kappa shape index (κ1) is 13.1. The number of hydrogen-bond acceptors (Lipinski definition) is 4. The van der Waals surface area contributed by atoms with E-state index in [1.165, 1.54) is 32.1 Å². The molecule has 2 aliphatic carbocycles. The Labute approximate surface area is 113 Å².